The highest BCUT2D eigenvalue weighted by atomic mass is 32.2. The van der Waals surface area contributed by atoms with E-state index in [4.69, 9.17) is 12.2 Å². The van der Waals surface area contributed by atoms with Gasteiger partial charge in [-0.15, -0.1) is 0 Å². The summed E-state index contributed by atoms with van der Waals surface area (Å²) in [5, 5.41) is 3.75. The Morgan fingerprint density at radius 3 is 2.93 bits per heavy atom. The van der Waals surface area contributed by atoms with Crippen molar-refractivity contribution in [3.05, 3.63) is 12.2 Å². The Kier molecular flexibility index (Phi) is 3.96. The zero-order valence-corrected chi connectivity index (χ0v) is 10.0. The molecule has 0 atom stereocenters. The fourth-order valence-corrected chi connectivity index (χ4v) is 2.65. The van der Waals surface area contributed by atoms with Crippen LogP contribution < -0.4 is 0 Å². The summed E-state index contributed by atoms with van der Waals surface area (Å²) >= 11 is 6.96. The Labute approximate surface area is 98.4 Å². The van der Waals surface area contributed by atoms with Crippen LogP contribution in [-0.4, -0.2) is 32.5 Å². The average molecular weight is 243 g/mol. The van der Waals surface area contributed by atoms with Gasteiger partial charge >= 0.3 is 0 Å². The number of thioether (sulfide) groups is 1. The molecule has 1 aromatic rings. The molecule has 1 fully saturated rings. The first-order chi connectivity index (χ1) is 7.36. The maximum Gasteiger partial charge on any atom is 0.213 e. The van der Waals surface area contributed by atoms with Gasteiger partial charge in [0.25, 0.3) is 0 Å². The summed E-state index contributed by atoms with van der Waals surface area (Å²) in [6, 6.07) is 0. The van der Waals surface area contributed by atoms with Gasteiger partial charge in [0.05, 0.1) is 5.75 Å². The quantitative estimate of drug-likeness (QED) is 0.741. The topological polar surface area (TPSA) is 42.2 Å². The Morgan fingerprint density at radius 2 is 2.27 bits per heavy atom. The third-order valence-electron chi connectivity index (χ3n) is 2.35. The van der Waals surface area contributed by atoms with E-state index in [1.807, 2.05) is 0 Å². The van der Waals surface area contributed by atoms with Gasteiger partial charge in [-0.05, 0) is 19.3 Å². The minimum Gasteiger partial charge on any atom is -0.358 e. The van der Waals surface area contributed by atoms with Crippen LogP contribution in [0.25, 0.3) is 0 Å². The Hall–Kier alpha value is -0.620. The molecule has 2 heterocycles. The van der Waals surface area contributed by atoms with Crippen LogP contribution in [0.3, 0.4) is 0 Å². The Balaban J connectivity index is 1.76. The summed E-state index contributed by atoms with van der Waals surface area (Å²) in [5.41, 5.74) is 0. The monoisotopic (exact) mass is 243 g/mol. The van der Waals surface area contributed by atoms with E-state index in [2.05, 4.69) is 19.6 Å². The number of piperidine rings is 1. The van der Waals surface area contributed by atoms with Gasteiger partial charge in [-0.1, -0.05) is 29.1 Å². The Morgan fingerprint density at radius 1 is 1.47 bits per heavy atom. The van der Waals surface area contributed by atoms with Crippen molar-refractivity contribution in [2.75, 3.05) is 13.1 Å². The predicted molar refractivity (Wildman–Crippen MR) is 63.6 cm³/mol. The van der Waals surface area contributed by atoms with Crippen LogP contribution in [0.15, 0.2) is 10.9 Å². The summed E-state index contributed by atoms with van der Waals surface area (Å²) < 4.78 is 5.62. The number of hydrogen-bond donors (Lipinski definition) is 0. The molecule has 0 N–H and O–H groups in total. The lowest BCUT2D eigenvalue weighted by molar-refractivity contribution is 0.352. The van der Waals surface area contributed by atoms with Gasteiger partial charge < -0.3 is 9.42 Å². The van der Waals surface area contributed by atoms with E-state index in [1.165, 1.54) is 25.7 Å². The molecule has 0 amide bonds. The summed E-state index contributed by atoms with van der Waals surface area (Å²) in [6.07, 6.45) is 5.18. The highest BCUT2D eigenvalue weighted by Crippen LogP contribution is 2.18. The minimum atomic E-state index is 0.700. The van der Waals surface area contributed by atoms with E-state index >= 15 is 0 Å². The zero-order valence-electron chi connectivity index (χ0n) is 8.39. The highest BCUT2D eigenvalue weighted by Gasteiger charge is 2.14. The van der Waals surface area contributed by atoms with Gasteiger partial charge in [-0.25, -0.2) is 0 Å². The van der Waals surface area contributed by atoms with Crippen molar-refractivity contribution in [2.24, 2.45) is 0 Å². The maximum absolute atomic E-state index is 5.35. The number of nitrogens with zero attached hydrogens (tertiary/aromatic N) is 3. The molecule has 1 saturated heterocycles. The molecule has 6 heteroatoms. The van der Waals surface area contributed by atoms with Gasteiger partial charge in [0, 0.05) is 13.1 Å². The minimum absolute atomic E-state index is 0.700. The largest absolute Gasteiger partial charge is 0.358 e. The van der Waals surface area contributed by atoms with Gasteiger partial charge in [0.2, 0.25) is 6.39 Å². The van der Waals surface area contributed by atoms with Crippen LogP contribution in [0, 0.1) is 0 Å². The number of thiocarbonyl (C=S) groups is 1. The number of hydrogen-bond acceptors (Lipinski definition) is 5. The number of aromatic nitrogens is 2. The van der Waals surface area contributed by atoms with Crippen LogP contribution in [0.5, 0.6) is 0 Å². The predicted octanol–water partition coefficient (Wildman–Crippen LogP) is 2.07. The SMILES string of the molecule is S=C(SCc1ncon1)N1CCCCC1. The van der Waals surface area contributed by atoms with E-state index in [0.29, 0.717) is 11.6 Å². The first-order valence-electron chi connectivity index (χ1n) is 5.03. The van der Waals surface area contributed by atoms with E-state index in [9.17, 15) is 0 Å². The van der Waals surface area contributed by atoms with Gasteiger partial charge in [-0.3, -0.25) is 0 Å². The van der Waals surface area contributed by atoms with Crippen LogP contribution in [0.1, 0.15) is 25.1 Å². The van der Waals surface area contributed by atoms with Crippen LogP contribution in [0.2, 0.25) is 0 Å². The third kappa shape index (κ3) is 3.17. The van der Waals surface area contributed by atoms with Crippen LogP contribution in [0.4, 0.5) is 0 Å². The molecule has 0 aromatic carbocycles. The molecule has 4 nitrogen and oxygen atoms in total. The summed E-state index contributed by atoms with van der Waals surface area (Å²) in [5.74, 6) is 1.41. The van der Waals surface area contributed by atoms with E-state index < -0.39 is 0 Å². The van der Waals surface area contributed by atoms with Gasteiger partial charge in [0.15, 0.2) is 5.82 Å². The second kappa shape index (κ2) is 5.46. The highest BCUT2D eigenvalue weighted by molar-refractivity contribution is 8.22. The molecular formula is C9H13N3OS2. The van der Waals surface area contributed by atoms with Crippen molar-refractivity contribution in [3.63, 3.8) is 0 Å². The van der Waals surface area contributed by atoms with Crippen molar-refractivity contribution in [2.45, 2.75) is 25.0 Å². The molecule has 0 radical (unpaired) electrons. The normalized spacial score (nSPS) is 16.7. The van der Waals surface area contributed by atoms with Crippen LogP contribution in [-0.2, 0) is 5.75 Å². The molecule has 15 heavy (non-hydrogen) atoms. The lowest BCUT2D eigenvalue weighted by Crippen LogP contribution is -2.32. The fraction of sp³-hybridized carbons (Fsp3) is 0.667. The van der Waals surface area contributed by atoms with Crippen molar-refractivity contribution >= 4 is 28.3 Å². The van der Waals surface area contributed by atoms with Crippen LogP contribution >= 0.6 is 24.0 Å². The number of likely N-dealkylation sites (tertiary alicyclic amines) is 1. The van der Waals surface area contributed by atoms with Gasteiger partial charge in [0.1, 0.15) is 4.32 Å². The molecular weight excluding hydrogens is 230 g/mol. The molecule has 1 aliphatic rings. The smallest absolute Gasteiger partial charge is 0.213 e. The fourth-order valence-electron chi connectivity index (χ4n) is 1.55. The molecule has 0 bridgehead atoms. The Bertz CT molecular complexity index is 309. The molecule has 0 unspecified atom stereocenters. The van der Waals surface area contributed by atoms with Crippen molar-refractivity contribution in [1.29, 1.82) is 0 Å². The zero-order chi connectivity index (χ0) is 10.5. The lowest BCUT2D eigenvalue weighted by Gasteiger charge is -2.28. The van der Waals surface area contributed by atoms with E-state index in [0.717, 1.165) is 17.4 Å². The van der Waals surface area contributed by atoms with Crippen molar-refractivity contribution in [1.82, 2.24) is 15.0 Å². The van der Waals surface area contributed by atoms with E-state index in [1.54, 1.807) is 11.8 Å². The summed E-state index contributed by atoms with van der Waals surface area (Å²) in [7, 11) is 0. The summed E-state index contributed by atoms with van der Waals surface area (Å²) in [4.78, 5) is 6.22. The number of rotatable bonds is 2. The molecule has 1 aliphatic heterocycles. The first kappa shape index (κ1) is 10.9. The molecule has 0 saturated carbocycles. The lowest BCUT2D eigenvalue weighted by atomic mass is 10.1. The molecule has 2 rings (SSSR count). The van der Waals surface area contributed by atoms with Crippen molar-refractivity contribution < 1.29 is 4.52 Å². The second-order valence-corrected chi connectivity index (χ2v) is 5.06. The molecule has 1 aromatic heterocycles. The summed E-state index contributed by atoms with van der Waals surface area (Å²) in [6.45, 7) is 2.19. The molecule has 0 aliphatic carbocycles. The third-order valence-corrected chi connectivity index (χ3v) is 3.87. The molecule has 0 spiro atoms. The first-order valence-corrected chi connectivity index (χ1v) is 6.42. The van der Waals surface area contributed by atoms with E-state index in [-0.39, 0.29) is 0 Å². The maximum atomic E-state index is 5.35. The standard InChI is InChI=1S/C9H13N3OS2/c14-9(12-4-2-1-3-5-12)15-6-8-10-7-13-11-8/h7H,1-6H2. The molecule has 82 valence electrons. The second-order valence-electron chi connectivity index (χ2n) is 3.45. The van der Waals surface area contributed by atoms with Crippen molar-refractivity contribution in [3.8, 4) is 0 Å². The van der Waals surface area contributed by atoms with Gasteiger partial charge in [-0.2, -0.15) is 4.98 Å². The average Bonchev–Trinajstić information content (AvgIpc) is 2.80.